The summed E-state index contributed by atoms with van der Waals surface area (Å²) >= 11 is 0. The first-order valence-corrected chi connectivity index (χ1v) is 6.86. The minimum absolute atomic E-state index is 0.185. The zero-order chi connectivity index (χ0) is 18.8. The van der Waals surface area contributed by atoms with Gasteiger partial charge < -0.3 is 14.6 Å². The number of allylic oxidation sites excluding steroid dienone is 1. The van der Waals surface area contributed by atoms with Crippen molar-refractivity contribution < 1.29 is 29.0 Å². The first-order valence-electron chi connectivity index (χ1n) is 6.86. The third-order valence-corrected chi connectivity index (χ3v) is 2.21. The van der Waals surface area contributed by atoms with E-state index >= 15 is 0 Å². The maximum absolute atomic E-state index is 11.4. The highest BCUT2D eigenvalue weighted by Crippen LogP contribution is 2.12. The summed E-state index contributed by atoms with van der Waals surface area (Å²) in [6.45, 7) is 15.3. The molecule has 130 valence electrons. The first-order chi connectivity index (χ1) is 10.3. The molecule has 0 fully saturated rings. The largest absolute Gasteiger partial charge is 0.478 e. The number of esters is 2. The molecular formula is C17H26O6. The topological polar surface area (TPSA) is 89.9 Å². The molecule has 23 heavy (non-hydrogen) atoms. The molecule has 0 heterocycles. The van der Waals surface area contributed by atoms with E-state index in [2.05, 4.69) is 17.9 Å². The average Bonchev–Trinajstić information content (AvgIpc) is 2.41. The van der Waals surface area contributed by atoms with E-state index in [9.17, 15) is 14.4 Å². The number of methoxy groups -OCH3 is 1. The molecule has 0 aliphatic rings. The zero-order valence-corrected chi connectivity index (χ0v) is 14.7. The van der Waals surface area contributed by atoms with Gasteiger partial charge in [-0.3, -0.25) is 0 Å². The van der Waals surface area contributed by atoms with Crippen molar-refractivity contribution in [2.75, 3.05) is 7.11 Å². The Morgan fingerprint density at radius 2 is 1.57 bits per heavy atom. The lowest BCUT2D eigenvalue weighted by molar-refractivity contribution is -0.150. The Bertz CT molecular complexity index is 506. The summed E-state index contributed by atoms with van der Waals surface area (Å²) in [6, 6.07) is 0. The number of ether oxygens (including phenoxy) is 2. The highest BCUT2D eigenvalue weighted by Gasteiger charge is 2.18. The molecule has 0 unspecified atom stereocenters. The van der Waals surface area contributed by atoms with Gasteiger partial charge in [0.1, 0.15) is 5.60 Å². The molecule has 6 heteroatoms. The molecule has 0 spiro atoms. The normalized spacial score (nSPS) is 10.8. The van der Waals surface area contributed by atoms with Crippen LogP contribution in [0.2, 0.25) is 0 Å². The number of carboxylic acids is 1. The molecule has 0 aliphatic carbocycles. The molecule has 0 aliphatic heterocycles. The monoisotopic (exact) mass is 326 g/mol. The Morgan fingerprint density at radius 3 is 1.83 bits per heavy atom. The average molecular weight is 326 g/mol. The van der Waals surface area contributed by atoms with Crippen molar-refractivity contribution in [3.8, 4) is 0 Å². The van der Waals surface area contributed by atoms with Crippen LogP contribution < -0.4 is 0 Å². The number of carboxylic acid groups (broad SMARTS) is 1. The van der Waals surface area contributed by atoms with Gasteiger partial charge in [-0.05, 0) is 41.0 Å². The van der Waals surface area contributed by atoms with Crippen LogP contribution in [0.25, 0.3) is 0 Å². The van der Waals surface area contributed by atoms with Gasteiger partial charge in [0, 0.05) is 16.7 Å². The van der Waals surface area contributed by atoms with Crippen molar-refractivity contribution in [1.82, 2.24) is 0 Å². The van der Waals surface area contributed by atoms with Crippen molar-refractivity contribution in [3.63, 3.8) is 0 Å². The number of hydrogen-bond acceptors (Lipinski definition) is 5. The van der Waals surface area contributed by atoms with E-state index in [4.69, 9.17) is 9.84 Å². The lowest BCUT2D eigenvalue weighted by Crippen LogP contribution is -2.24. The van der Waals surface area contributed by atoms with Gasteiger partial charge in [0.25, 0.3) is 0 Å². The molecule has 0 rings (SSSR count). The Labute approximate surface area is 137 Å². The lowest BCUT2D eigenvalue weighted by Gasteiger charge is -2.19. The summed E-state index contributed by atoms with van der Waals surface area (Å²) < 4.78 is 9.35. The minimum Gasteiger partial charge on any atom is -0.478 e. The smallest absolute Gasteiger partial charge is 0.334 e. The number of carbonyl (C=O) groups excluding carboxylic acids is 2. The molecule has 0 saturated heterocycles. The van der Waals surface area contributed by atoms with Crippen LogP contribution in [0.3, 0.4) is 0 Å². The molecule has 0 aromatic heterocycles. The highest BCUT2D eigenvalue weighted by atomic mass is 16.6. The Balaban J connectivity index is 0. The Kier molecular flexibility index (Phi) is 10.3. The van der Waals surface area contributed by atoms with Gasteiger partial charge in [-0.1, -0.05) is 19.2 Å². The van der Waals surface area contributed by atoms with Crippen LogP contribution in [0.15, 0.2) is 36.0 Å². The molecular weight excluding hydrogens is 300 g/mol. The van der Waals surface area contributed by atoms with Crippen LogP contribution in [0.5, 0.6) is 0 Å². The minimum atomic E-state index is -1.00. The van der Waals surface area contributed by atoms with E-state index in [1.807, 2.05) is 0 Å². The molecule has 0 bridgehead atoms. The quantitative estimate of drug-likeness (QED) is 0.617. The van der Waals surface area contributed by atoms with Gasteiger partial charge in [-0.2, -0.15) is 0 Å². The van der Waals surface area contributed by atoms with E-state index in [1.54, 1.807) is 27.7 Å². The molecule has 0 saturated carbocycles. The highest BCUT2D eigenvalue weighted by molar-refractivity contribution is 5.89. The van der Waals surface area contributed by atoms with E-state index in [0.717, 1.165) is 0 Å². The molecule has 0 amide bonds. The maximum atomic E-state index is 11.4. The van der Waals surface area contributed by atoms with Crippen LogP contribution in [-0.2, 0) is 23.9 Å². The van der Waals surface area contributed by atoms with Crippen molar-refractivity contribution in [1.29, 1.82) is 0 Å². The van der Waals surface area contributed by atoms with E-state index < -0.39 is 17.5 Å². The van der Waals surface area contributed by atoms with Gasteiger partial charge in [0.05, 0.1) is 7.11 Å². The van der Waals surface area contributed by atoms with Crippen molar-refractivity contribution in [2.24, 2.45) is 0 Å². The molecule has 0 radical (unpaired) electrons. The predicted molar refractivity (Wildman–Crippen MR) is 87.8 cm³/mol. The standard InChI is InChI=1S/C12H18O4.C5H8O2/c1-8(10(13)14)6-7-9(2)11(15)16-12(3,4)5;1-4(2)5(6)7-3/h6H,2,7H2,1,3-5H3,(H,13,14);1H2,2-3H3. The molecule has 0 aromatic carbocycles. The second-order valence-electron chi connectivity index (χ2n) is 5.77. The number of aliphatic carboxylic acids is 1. The summed E-state index contributed by atoms with van der Waals surface area (Å²) in [7, 11) is 1.33. The molecule has 0 aromatic rings. The third kappa shape index (κ3) is 13.0. The number of rotatable bonds is 5. The Hall–Kier alpha value is -2.37. The van der Waals surface area contributed by atoms with Crippen LogP contribution in [0, 0.1) is 0 Å². The van der Waals surface area contributed by atoms with Crippen molar-refractivity contribution in [3.05, 3.63) is 36.0 Å². The molecule has 1 N–H and O–H groups in total. The fraction of sp³-hybridized carbons (Fsp3) is 0.471. The van der Waals surface area contributed by atoms with Crippen molar-refractivity contribution >= 4 is 17.9 Å². The van der Waals surface area contributed by atoms with E-state index in [-0.39, 0.29) is 23.5 Å². The summed E-state index contributed by atoms with van der Waals surface area (Å²) in [6.07, 6.45) is 1.63. The van der Waals surface area contributed by atoms with E-state index in [0.29, 0.717) is 5.57 Å². The van der Waals surface area contributed by atoms with Gasteiger partial charge >= 0.3 is 17.9 Å². The summed E-state index contributed by atoms with van der Waals surface area (Å²) in [5.41, 5.74) is 0.300. The molecule has 0 atom stereocenters. The van der Waals surface area contributed by atoms with Gasteiger partial charge in [-0.15, -0.1) is 0 Å². The maximum Gasteiger partial charge on any atom is 0.334 e. The summed E-state index contributed by atoms with van der Waals surface area (Å²) in [4.78, 5) is 32.1. The lowest BCUT2D eigenvalue weighted by atomic mass is 10.1. The SMILES string of the molecule is C=C(C)C(=O)OC.C=C(CC=C(C)C(=O)O)C(=O)OC(C)(C)C. The fourth-order valence-corrected chi connectivity index (χ4v) is 0.971. The third-order valence-electron chi connectivity index (χ3n) is 2.21. The number of hydrogen-bond donors (Lipinski definition) is 1. The molecule has 6 nitrogen and oxygen atoms in total. The zero-order valence-electron chi connectivity index (χ0n) is 14.7. The van der Waals surface area contributed by atoms with Gasteiger partial charge in [-0.25, -0.2) is 14.4 Å². The Morgan fingerprint density at radius 1 is 1.09 bits per heavy atom. The van der Waals surface area contributed by atoms with Crippen LogP contribution in [0.4, 0.5) is 0 Å². The van der Waals surface area contributed by atoms with Gasteiger partial charge in [0.15, 0.2) is 0 Å². The van der Waals surface area contributed by atoms with E-state index in [1.165, 1.54) is 20.1 Å². The fourth-order valence-electron chi connectivity index (χ4n) is 0.971. The van der Waals surface area contributed by atoms with Crippen molar-refractivity contribution in [2.45, 2.75) is 46.6 Å². The first kappa shape index (κ1) is 22.9. The predicted octanol–water partition coefficient (Wildman–Crippen LogP) is 3.04. The number of carbonyl (C=O) groups is 3. The summed E-state index contributed by atoms with van der Waals surface area (Å²) in [5.74, 6) is -1.85. The second kappa shape index (κ2) is 10.4. The van der Waals surface area contributed by atoms with Gasteiger partial charge in [0.2, 0.25) is 0 Å². The second-order valence-corrected chi connectivity index (χ2v) is 5.77. The van der Waals surface area contributed by atoms with Crippen LogP contribution >= 0.6 is 0 Å². The van der Waals surface area contributed by atoms with Crippen LogP contribution in [-0.4, -0.2) is 35.7 Å². The van der Waals surface area contributed by atoms with Crippen LogP contribution in [0.1, 0.15) is 41.0 Å². The summed E-state index contributed by atoms with van der Waals surface area (Å²) in [5, 5.41) is 8.61.